The number of hydrazone groups is 1. The van der Waals surface area contributed by atoms with E-state index in [1.807, 2.05) is 5.12 Å². The van der Waals surface area contributed by atoms with E-state index >= 15 is 0 Å². The summed E-state index contributed by atoms with van der Waals surface area (Å²) in [4.78, 5) is 0. The number of unbranched alkanes of at least 4 members (excludes halogenated alkanes) is 4. The molecule has 0 spiro atoms. The zero-order valence-electron chi connectivity index (χ0n) is 10.1. The summed E-state index contributed by atoms with van der Waals surface area (Å²) in [6.45, 7) is 6.54. The molecule has 0 radical (unpaired) electrons. The van der Waals surface area contributed by atoms with E-state index in [0.29, 0.717) is 0 Å². The monoisotopic (exact) mass is 212 g/mol. The highest BCUT2D eigenvalue weighted by molar-refractivity contribution is 5.54. The highest BCUT2D eigenvalue weighted by Gasteiger charge is 2.15. The van der Waals surface area contributed by atoms with Crippen molar-refractivity contribution >= 4 is 6.34 Å². The maximum absolute atomic E-state index is 4.29. The average Bonchev–Trinajstić information content (AvgIpc) is 2.67. The Hall–Kier alpha value is -0.770. The zero-order chi connectivity index (χ0) is 10.9. The predicted octanol–water partition coefficient (Wildman–Crippen LogP) is 2.35. The fourth-order valence-corrected chi connectivity index (χ4v) is 1.66. The molecule has 0 aromatic carbocycles. The van der Waals surface area contributed by atoms with Gasteiger partial charge < -0.3 is 0 Å². The van der Waals surface area contributed by atoms with Crippen molar-refractivity contribution in [1.82, 2.24) is 15.7 Å². The van der Waals surface area contributed by atoms with Gasteiger partial charge in [0.2, 0.25) is 0 Å². The van der Waals surface area contributed by atoms with Crippen molar-refractivity contribution < 1.29 is 0 Å². The third-order valence-corrected chi connectivity index (χ3v) is 2.61. The largest absolute Gasteiger partial charge is 0.289 e. The molecule has 0 bridgehead atoms. The third kappa shape index (κ3) is 4.51. The van der Waals surface area contributed by atoms with Crippen LogP contribution in [-0.4, -0.2) is 29.7 Å². The minimum atomic E-state index is 1.03. The second kappa shape index (κ2) is 7.51. The fourth-order valence-electron chi connectivity index (χ4n) is 1.66. The van der Waals surface area contributed by atoms with E-state index in [4.69, 9.17) is 0 Å². The maximum Gasteiger partial charge on any atom is 0.126 e. The van der Waals surface area contributed by atoms with Crippen LogP contribution in [0.2, 0.25) is 0 Å². The summed E-state index contributed by atoms with van der Waals surface area (Å²) < 4.78 is 0. The Morgan fingerprint density at radius 2 is 1.67 bits per heavy atom. The van der Waals surface area contributed by atoms with Gasteiger partial charge in [-0.15, -0.1) is 10.2 Å². The van der Waals surface area contributed by atoms with Crippen LogP contribution in [0.1, 0.15) is 52.4 Å². The average molecular weight is 212 g/mol. The van der Waals surface area contributed by atoms with E-state index in [1.54, 1.807) is 6.34 Å². The number of rotatable bonds is 8. The summed E-state index contributed by atoms with van der Waals surface area (Å²) >= 11 is 0. The Morgan fingerprint density at radius 3 is 2.33 bits per heavy atom. The normalized spacial score (nSPS) is 16.0. The van der Waals surface area contributed by atoms with Gasteiger partial charge in [-0.1, -0.05) is 39.5 Å². The number of hydrogen-bond acceptors (Lipinski definition) is 4. The van der Waals surface area contributed by atoms with Crippen molar-refractivity contribution in [2.24, 2.45) is 5.10 Å². The van der Waals surface area contributed by atoms with Gasteiger partial charge in [-0.05, 0) is 12.8 Å². The minimum Gasteiger partial charge on any atom is -0.289 e. The quantitative estimate of drug-likeness (QED) is 0.627. The van der Waals surface area contributed by atoms with Crippen molar-refractivity contribution in [1.29, 1.82) is 0 Å². The van der Waals surface area contributed by atoms with E-state index in [2.05, 4.69) is 29.5 Å². The molecule has 0 aliphatic carbocycles. The highest BCUT2D eigenvalue weighted by atomic mass is 15.9. The molecule has 15 heavy (non-hydrogen) atoms. The van der Waals surface area contributed by atoms with Crippen molar-refractivity contribution in [3.63, 3.8) is 0 Å². The standard InChI is InChI=1S/C11H24N4/c1-3-5-7-9-14-12-11-13-15(14)10-8-6-4-2/h11H,3-10H2,1-2H3,(H,12,13). The van der Waals surface area contributed by atoms with Crippen molar-refractivity contribution in [3.05, 3.63) is 0 Å². The van der Waals surface area contributed by atoms with Gasteiger partial charge in [0.25, 0.3) is 0 Å². The molecule has 0 atom stereocenters. The smallest absolute Gasteiger partial charge is 0.126 e. The first-order valence-corrected chi connectivity index (χ1v) is 6.22. The minimum absolute atomic E-state index is 1.03. The van der Waals surface area contributed by atoms with Crippen LogP contribution in [0.15, 0.2) is 5.10 Å². The molecular weight excluding hydrogens is 188 g/mol. The van der Waals surface area contributed by atoms with E-state index in [0.717, 1.165) is 13.1 Å². The molecule has 0 aromatic heterocycles. The SMILES string of the molecule is CCCCCN1N=CNN1CCCCC. The Labute approximate surface area is 93.3 Å². The van der Waals surface area contributed by atoms with Gasteiger partial charge in [0.05, 0.1) is 6.54 Å². The molecule has 1 N–H and O–H groups in total. The molecule has 88 valence electrons. The summed E-state index contributed by atoms with van der Waals surface area (Å²) in [5.74, 6) is 0. The molecule has 4 nitrogen and oxygen atoms in total. The molecule has 0 aromatic rings. The summed E-state index contributed by atoms with van der Waals surface area (Å²) in [6, 6.07) is 0. The van der Waals surface area contributed by atoms with Crippen LogP contribution in [0.5, 0.6) is 0 Å². The molecule has 0 fully saturated rings. The Balaban J connectivity index is 2.14. The van der Waals surface area contributed by atoms with Crippen LogP contribution < -0.4 is 5.43 Å². The van der Waals surface area contributed by atoms with Gasteiger partial charge in [0.1, 0.15) is 6.34 Å². The van der Waals surface area contributed by atoms with E-state index in [9.17, 15) is 0 Å². The lowest BCUT2D eigenvalue weighted by atomic mass is 10.2. The third-order valence-electron chi connectivity index (χ3n) is 2.61. The van der Waals surface area contributed by atoms with Gasteiger partial charge in [-0.3, -0.25) is 5.43 Å². The van der Waals surface area contributed by atoms with E-state index in [-0.39, 0.29) is 0 Å². The number of nitrogens with one attached hydrogen (secondary N) is 1. The van der Waals surface area contributed by atoms with Gasteiger partial charge in [0, 0.05) is 6.54 Å². The molecular formula is C11H24N4. The molecule has 0 amide bonds. The first kappa shape index (κ1) is 12.3. The highest BCUT2D eigenvalue weighted by Crippen LogP contribution is 2.06. The van der Waals surface area contributed by atoms with E-state index < -0.39 is 0 Å². The van der Waals surface area contributed by atoms with Crippen LogP contribution in [0.25, 0.3) is 0 Å². The molecule has 4 heteroatoms. The second-order valence-electron chi connectivity index (χ2n) is 4.01. The Kier molecular flexibility index (Phi) is 6.16. The van der Waals surface area contributed by atoms with Gasteiger partial charge in [-0.25, -0.2) is 5.12 Å². The number of nitrogens with zero attached hydrogens (tertiary/aromatic N) is 3. The molecule has 1 aliphatic heterocycles. The molecule has 1 rings (SSSR count). The molecule has 0 saturated heterocycles. The van der Waals surface area contributed by atoms with E-state index in [1.165, 1.54) is 38.5 Å². The molecule has 0 unspecified atom stereocenters. The first-order valence-electron chi connectivity index (χ1n) is 6.22. The van der Waals surface area contributed by atoms with Crippen molar-refractivity contribution in [3.8, 4) is 0 Å². The van der Waals surface area contributed by atoms with Crippen LogP contribution in [-0.2, 0) is 0 Å². The lowest BCUT2D eigenvalue weighted by molar-refractivity contribution is -0.0296. The van der Waals surface area contributed by atoms with Crippen LogP contribution in [0.4, 0.5) is 0 Å². The number of hydrogen-bond donors (Lipinski definition) is 1. The summed E-state index contributed by atoms with van der Waals surface area (Å²) in [7, 11) is 0. The Morgan fingerprint density at radius 1 is 1.00 bits per heavy atom. The van der Waals surface area contributed by atoms with Gasteiger partial charge >= 0.3 is 0 Å². The maximum atomic E-state index is 4.29. The van der Waals surface area contributed by atoms with Crippen LogP contribution >= 0.6 is 0 Å². The van der Waals surface area contributed by atoms with Crippen molar-refractivity contribution in [2.45, 2.75) is 52.4 Å². The van der Waals surface area contributed by atoms with Crippen LogP contribution in [0.3, 0.4) is 0 Å². The zero-order valence-corrected chi connectivity index (χ0v) is 10.1. The topological polar surface area (TPSA) is 30.9 Å². The summed E-state index contributed by atoms with van der Waals surface area (Å²) in [5, 5.41) is 8.45. The molecule has 0 saturated carbocycles. The molecule has 1 aliphatic rings. The summed E-state index contributed by atoms with van der Waals surface area (Å²) in [5.41, 5.74) is 3.16. The fraction of sp³-hybridized carbons (Fsp3) is 0.909. The predicted molar refractivity (Wildman–Crippen MR) is 64.1 cm³/mol. The number of hydrazine groups is 2. The summed E-state index contributed by atoms with van der Waals surface area (Å²) in [6.07, 6.45) is 9.34. The molecule has 1 heterocycles. The lowest BCUT2D eigenvalue weighted by Gasteiger charge is -2.26. The second-order valence-corrected chi connectivity index (χ2v) is 4.01. The Bertz CT molecular complexity index is 181. The first-order chi connectivity index (χ1) is 7.38. The van der Waals surface area contributed by atoms with Gasteiger partial charge in [0.15, 0.2) is 0 Å². The van der Waals surface area contributed by atoms with Crippen LogP contribution in [0, 0.1) is 0 Å². The lowest BCUT2D eigenvalue weighted by Crippen LogP contribution is -2.43. The van der Waals surface area contributed by atoms with Gasteiger partial charge in [-0.2, -0.15) is 0 Å². The van der Waals surface area contributed by atoms with Crippen molar-refractivity contribution in [2.75, 3.05) is 13.1 Å².